The van der Waals surface area contributed by atoms with E-state index in [4.69, 9.17) is 34.7 Å². The van der Waals surface area contributed by atoms with Crippen LogP contribution in [0.5, 0.6) is 0 Å². The van der Waals surface area contributed by atoms with E-state index in [1.54, 1.807) is 18.2 Å². The monoisotopic (exact) mass is 519 g/mol. The molecule has 2 aromatic carbocycles. The number of nitrogen functional groups attached to an aromatic ring is 2. The van der Waals surface area contributed by atoms with Gasteiger partial charge >= 0.3 is 0 Å². The minimum Gasteiger partial charge on any atom is -0.398 e. The van der Waals surface area contributed by atoms with Gasteiger partial charge in [0.1, 0.15) is 18.0 Å². The summed E-state index contributed by atoms with van der Waals surface area (Å²) in [5, 5.41) is 4.63. The van der Waals surface area contributed by atoms with Crippen LogP contribution in [0.2, 0.25) is 10.0 Å². The number of benzene rings is 2. The molecule has 0 fully saturated rings. The fraction of sp³-hybridized carbons (Fsp3) is 0.308. The molecule has 3 aromatic rings. The Kier molecular flexibility index (Phi) is 13.5. The van der Waals surface area contributed by atoms with E-state index in [-0.39, 0.29) is 6.04 Å². The first kappa shape index (κ1) is 29.6. The van der Waals surface area contributed by atoms with Gasteiger partial charge in [-0.25, -0.2) is 9.97 Å². The molecular weight excluding hydrogens is 485 g/mol. The molecule has 1 heterocycles. The molecule has 1 atom stereocenters. The van der Waals surface area contributed by atoms with Crippen molar-refractivity contribution in [3.63, 3.8) is 0 Å². The lowest BCUT2D eigenvalue weighted by Gasteiger charge is -2.19. The number of unbranched alkanes of at least 4 members (excludes halogenated alkanes) is 1. The van der Waals surface area contributed by atoms with E-state index in [1.807, 2.05) is 38.1 Å². The number of hydrogen-bond donors (Lipinski definition) is 4. The van der Waals surface area contributed by atoms with Crippen LogP contribution >= 0.6 is 35.8 Å². The second-order valence-corrected chi connectivity index (χ2v) is 8.72. The Morgan fingerprint density at radius 1 is 1.12 bits per heavy atom. The molecule has 0 aliphatic carbocycles. The smallest absolute Gasteiger partial charge is 0.139 e. The molecule has 8 heteroatoms. The SMILES string of the molecule is C=C(c1ccc(N)c(Cl)c1)c1c(N)ncnc1NC(C)CCCC.CC.Sc1cccc(Cl)c1. The van der Waals surface area contributed by atoms with Crippen molar-refractivity contribution >= 4 is 58.7 Å². The Bertz CT molecular complexity index is 1040. The Morgan fingerprint density at radius 2 is 1.82 bits per heavy atom. The highest BCUT2D eigenvalue weighted by Crippen LogP contribution is 2.33. The summed E-state index contributed by atoms with van der Waals surface area (Å²) in [5.74, 6) is 1.07. The number of nitrogens with two attached hydrogens (primary N) is 2. The van der Waals surface area contributed by atoms with Crippen molar-refractivity contribution in [1.82, 2.24) is 9.97 Å². The van der Waals surface area contributed by atoms with Crippen LogP contribution in [0, 0.1) is 0 Å². The molecule has 184 valence electrons. The molecule has 0 amide bonds. The number of thiol groups is 1. The van der Waals surface area contributed by atoms with Crippen LogP contribution in [0.1, 0.15) is 58.1 Å². The highest BCUT2D eigenvalue weighted by atomic mass is 35.5. The van der Waals surface area contributed by atoms with Crippen LogP contribution in [-0.4, -0.2) is 16.0 Å². The molecule has 5 nitrogen and oxygen atoms in total. The van der Waals surface area contributed by atoms with Crippen molar-refractivity contribution in [2.75, 3.05) is 16.8 Å². The van der Waals surface area contributed by atoms with Crippen LogP contribution in [0.4, 0.5) is 17.3 Å². The highest BCUT2D eigenvalue weighted by molar-refractivity contribution is 7.80. The van der Waals surface area contributed by atoms with Gasteiger partial charge in [0, 0.05) is 16.0 Å². The molecule has 0 aliphatic heterocycles. The van der Waals surface area contributed by atoms with Crippen molar-refractivity contribution in [2.24, 2.45) is 0 Å². The third kappa shape index (κ3) is 9.45. The lowest BCUT2D eigenvalue weighted by molar-refractivity contribution is 0.643. The molecule has 0 saturated heterocycles. The van der Waals surface area contributed by atoms with Crippen molar-refractivity contribution in [3.05, 3.63) is 76.5 Å². The number of aromatic nitrogens is 2. The lowest BCUT2D eigenvalue weighted by Crippen LogP contribution is -2.18. The first-order valence-corrected chi connectivity index (χ1v) is 12.5. The highest BCUT2D eigenvalue weighted by Gasteiger charge is 2.16. The molecule has 1 unspecified atom stereocenters. The molecular formula is C26H35Cl2N5S. The molecule has 34 heavy (non-hydrogen) atoms. The van der Waals surface area contributed by atoms with Crippen LogP contribution in [0.3, 0.4) is 0 Å². The first-order chi connectivity index (χ1) is 16.2. The average Bonchev–Trinajstić information content (AvgIpc) is 2.81. The molecule has 1 aromatic heterocycles. The van der Waals surface area contributed by atoms with E-state index < -0.39 is 0 Å². The van der Waals surface area contributed by atoms with Gasteiger partial charge in [-0.3, -0.25) is 0 Å². The molecule has 0 saturated carbocycles. The van der Waals surface area contributed by atoms with Crippen LogP contribution in [0.25, 0.3) is 5.57 Å². The molecule has 0 bridgehead atoms. The second kappa shape index (κ2) is 15.5. The normalized spacial score (nSPS) is 10.8. The topological polar surface area (TPSA) is 89.9 Å². The van der Waals surface area contributed by atoms with Crippen LogP contribution in [-0.2, 0) is 0 Å². The van der Waals surface area contributed by atoms with Crippen molar-refractivity contribution < 1.29 is 0 Å². The summed E-state index contributed by atoms with van der Waals surface area (Å²) >= 11 is 15.8. The summed E-state index contributed by atoms with van der Waals surface area (Å²) in [6.07, 6.45) is 4.82. The fourth-order valence-corrected chi connectivity index (χ4v) is 3.63. The zero-order chi connectivity index (χ0) is 25.7. The Labute approximate surface area is 219 Å². The quantitative estimate of drug-likeness (QED) is 0.187. The molecule has 3 rings (SSSR count). The van der Waals surface area contributed by atoms with E-state index in [2.05, 4.69) is 48.3 Å². The van der Waals surface area contributed by atoms with Crippen molar-refractivity contribution in [2.45, 2.75) is 57.9 Å². The zero-order valence-corrected chi connectivity index (χ0v) is 22.7. The number of nitrogens with one attached hydrogen (secondary N) is 1. The lowest BCUT2D eigenvalue weighted by atomic mass is 9.99. The summed E-state index contributed by atoms with van der Waals surface area (Å²) in [7, 11) is 0. The first-order valence-electron chi connectivity index (χ1n) is 11.3. The third-order valence-electron chi connectivity index (χ3n) is 4.71. The van der Waals surface area contributed by atoms with Crippen LogP contribution < -0.4 is 16.8 Å². The number of anilines is 3. The van der Waals surface area contributed by atoms with Gasteiger partial charge in [0.25, 0.3) is 0 Å². The van der Waals surface area contributed by atoms with Gasteiger partial charge in [-0.2, -0.15) is 0 Å². The minimum atomic E-state index is 0.279. The van der Waals surface area contributed by atoms with Gasteiger partial charge in [-0.15, -0.1) is 12.6 Å². The van der Waals surface area contributed by atoms with Gasteiger partial charge in [-0.1, -0.05) is 75.5 Å². The Morgan fingerprint density at radius 3 is 2.38 bits per heavy atom. The largest absolute Gasteiger partial charge is 0.398 e. The third-order valence-corrected chi connectivity index (χ3v) is 5.55. The van der Waals surface area contributed by atoms with E-state index in [0.717, 1.165) is 34.7 Å². The van der Waals surface area contributed by atoms with E-state index in [9.17, 15) is 0 Å². The second-order valence-electron chi connectivity index (χ2n) is 7.36. The van der Waals surface area contributed by atoms with Gasteiger partial charge in [0.15, 0.2) is 0 Å². The number of halogens is 2. The fourth-order valence-electron chi connectivity index (χ4n) is 2.96. The molecule has 0 aliphatic rings. The maximum absolute atomic E-state index is 6.12. The Hall–Kier alpha value is -2.41. The summed E-state index contributed by atoms with van der Waals surface area (Å²) in [5.41, 5.74) is 14.6. The number of hydrogen-bond acceptors (Lipinski definition) is 6. The Balaban J connectivity index is 0.000000483. The number of rotatable bonds is 7. The van der Waals surface area contributed by atoms with Gasteiger partial charge in [0.05, 0.1) is 16.3 Å². The van der Waals surface area contributed by atoms with Crippen molar-refractivity contribution in [3.8, 4) is 0 Å². The number of nitrogens with zero attached hydrogens (tertiary/aromatic N) is 2. The molecule has 0 radical (unpaired) electrons. The average molecular weight is 521 g/mol. The summed E-state index contributed by atoms with van der Waals surface area (Å²) in [6.45, 7) is 12.5. The maximum Gasteiger partial charge on any atom is 0.139 e. The minimum absolute atomic E-state index is 0.279. The predicted molar refractivity (Wildman–Crippen MR) is 153 cm³/mol. The predicted octanol–water partition coefficient (Wildman–Crippen LogP) is 8.00. The van der Waals surface area contributed by atoms with Gasteiger partial charge < -0.3 is 16.8 Å². The molecule has 0 spiro atoms. The maximum atomic E-state index is 6.12. The van der Waals surface area contributed by atoms with E-state index in [0.29, 0.717) is 33.5 Å². The van der Waals surface area contributed by atoms with E-state index in [1.165, 1.54) is 6.33 Å². The van der Waals surface area contributed by atoms with Gasteiger partial charge in [-0.05, 0) is 54.8 Å². The van der Waals surface area contributed by atoms with Crippen molar-refractivity contribution in [1.29, 1.82) is 0 Å². The van der Waals surface area contributed by atoms with Gasteiger partial charge in [0.2, 0.25) is 0 Å². The van der Waals surface area contributed by atoms with E-state index >= 15 is 0 Å². The summed E-state index contributed by atoms with van der Waals surface area (Å²) in [4.78, 5) is 9.36. The standard InChI is InChI=1S/C18H24ClN5.C6H5ClS.C2H6/c1-4-5-6-11(2)24-18-16(17(21)22-10-23-18)12(3)13-7-8-15(20)14(19)9-13;7-5-2-1-3-6(8)4-5;1-2/h7-11H,3-6,20H2,1-2H3,(H3,21,22,23,24);1-4,8H;1-2H3. The zero-order valence-electron chi connectivity index (χ0n) is 20.3. The summed E-state index contributed by atoms with van der Waals surface area (Å²) in [6, 6.07) is 13.0. The molecule has 5 N–H and O–H groups in total. The van der Waals surface area contributed by atoms with Crippen LogP contribution in [0.15, 0.2) is 60.3 Å². The summed E-state index contributed by atoms with van der Waals surface area (Å²) < 4.78 is 0.